The standard InChI is InChI=1S/C22H37NO2/c1-13-12-17-15-6-7-18-21(3,11-9-19(25)23(18)5)16(15)8-10-22(17,4)20(13)14(2)24/h13-18,20,24H,6-12H2,1-5H3/t13-,14?,15-,16+,17+,18-,20-,21-,22+/m1/s1. The van der Waals surface area contributed by atoms with Crippen molar-refractivity contribution < 1.29 is 9.90 Å². The van der Waals surface area contributed by atoms with Gasteiger partial charge in [-0.3, -0.25) is 4.79 Å². The van der Waals surface area contributed by atoms with Crippen LogP contribution >= 0.6 is 0 Å². The Balaban J connectivity index is 1.65. The highest BCUT2D eigenvalue weighted by Crippen LogP contribution is 2.67. The molecule has 0 aromatic carbocycles. The molecule has 4 rings (SSSR count). The van der Waals surface area contributed by atoms with E-state index in [0.717, 1.165) is 30.6 Å². The van der Waals surface area contributed by atoms with Crippen molar-refractivity contribution in [3.8, 4) is 0 Å². The molecule has 0 radical (unpaired) electrons. The Kier molecular flexibility index (Phi) is 4.07. The van der Waals surface area contributed by atoms with Crippen LogP contribution in [0.25, 0.3) is 0 Å². The normalized spacial score (nSPS) is 53.8. The number of rotatable bonds is 1. The number of hydrogen-bond donors (Lipinski definition) is 1. The molecule has 0 aromatic rings. The fourth-order valence-electron chi connectivity index (χ4n) is 8.58. The molecule has 0 bridgehead atoms. The summed E-state index contributed by atoms with van der Waals surface area (Å²) in [5, 5.41) is 10.5. The lowest BCUT2D eigenvalue weighted by molar-refractivity contribution is -0.159. The van der Waals surface area contributed by atoms with E-state index in [9.17, 15) is 9.90 Å². The molecule has 1 N–H and O–H groups in total. The largest absolute Gasteiger partial charge is 0.393 e. The zero-order valence-electron chi connectivity index (χ0n) is 16.8. The molecular formula is C22H37NO2. The van der Waals surface area contributed by atoms with Crippen molar-refractivity contribution in [2.75, 3.05) is 7.05 Å². The van der Waals surface area contributed by atoms with E-state index in [2.05, 4.69) is 25.7 Å². The number of nitrogens with zero attached hydrogens (tertiary/aromatic N) is 1. The zero-order valence-corrected chi connectivity index (χ0v) is 16.8. The molecule has 4 fully saturated rings. The molecule has 4 aliphatic rings. The number of likely N-dealkylation sites (tertiary alicyclic amines) is 1. The van der Waals surface area contributed by atoms with Crippen LogP contribution < -0.4 is 0 Å². The number of carbonyl (C=O) groups excluding carboxylic acids is 1. The van der Waals surface area contributed by atoms with Gasteiger partial charge in [0.15, 0.2) is 0 Å². The van der Waals surface area contributed by atoms with Crippen molar-refractivity contribution >= 4 is 5.91 Å². The quantitative estimate of drug-likeness (QED) is 0.776. The Morgan fingerprint density at radius 2 is 1.84 bits per heavy atom. The molecule has 142 valence electrons. The third-order valence-corrected chi connectivity index (χ3v) is 9.51. The minimum atomic E-state index is -0.188. The fraction of sp³-hybridized carbons (Fsp3) is 0.955. The molecule has 3 heteroatoms. The molecule has 1 heterocycles. The molecule has 1 amide bonds. The lowest BCUT2D eigenvalue weighted by Gasteiger charge is -2.62. The maximum Gasteiger partial charge on any atom is 0.222 e. The molecule has 0 spiro atoms. The zero-order chi connectivity index (χ0) is 18.1. The smallest absolute Gasteiger partial charge is 0.222 e. The molecular weight excluding hydrogens is 310 g/mol. The average molecular weight is 348 g/mol. The second-order valence-electron chi connectivity index (χ2n) is 10.5. The highest BCUT2D eigenvalue weighted by Gasteiger charge is 2.62. The first-order valence-corrected chi connectivity index (χ1v) is 10.6. The minimum absolute atomic E-state index is 0.188. The van der Waals surface area contributed by atoms with E-state index in [0.29, 0.717) is 34.6 Å². The van der Waals surface area contributed by atoms with Crippen LogP contribution in [0.1, 0.15) is 72.6 Å². The van der Waals surface area contributed by atoms with Crippen molar-refractivity contribution in [1.82, 2.24) is 4.90 Å². The second-order valence-corrected chi connectivity index (χ2v) is 10.5. The number of carbonyl (C=O) groups is 1. The first-order valence-electron chi connectivity index (χ1n) is 10.6. The van der Waals surface area contributed by atoms with Crippen molar-refractivity contribution in [2.45, 2.75) is 84.8 Å². The SMILES string of the molecule is CC(O)[C@H]1[C@H](C)C[C@H]2[C@@H]3CC[C@H]4N(C)C(=O)CC[C@]4(C)[C@H]3CC[C@@]21C. The van der Waals surface area contributed by atoms with Gasteiger partial charge in [0.05, 0.1) is 6.10 Å². The summed E-state index contributed by atoms with van der Waals surface area (Å²) in [6, 6.07) is 0.450. The molecule has 1 unspecified atom stereocenters. The van der Waals surface area contributed by atoms with Crippen LogP contribution in [0, 0.1) is 40.4 Å². The van der Waals surface area contributed by atoms with Gasteiger partial charge < -0.3 is 10.0 Å². The molecule has 1 saturated heterocycles. The Hall–Kier alpha value is -0.570. The lowest BCUT2D eigenvalue weighted by atomic mass is 9.46. The van der Waals surface area contributed by atoms with Crippen LogP contribution in [0.2, 0.25) is 0 Å². The molecule has 3 aliphatic carbocycles. The van der Waals surface area contributed by atoms with Gasteiger partial charge in [-0.25, -0.2) is 0 Å². The summed E-state index contributed by atoms with van der Waals surface area (Å²) in [5.41, 5.74) is 0.618. The number of aliphatic hydroxyl groups excluding tert-OH is 1. The van der Waals surface area contributed by atoms with Gasteiger partial charge in [-0.2, -0.15) is 0 Å². The fourth-order valence-corrected chi connectivity index (χ4v) is 8.58. The summed E-state index contributed by atoms with van der Waals surface area (Å²) >= 11 is 0. The van der Waals surface area contributed by atoms with E-state index in [-0.39, 0.29) is 6.10 Å². The van der Waals surface area contributed by atoms with Crippen molar-refractivity contribution in [3.63, 3.8) is 0 Å². The Labute approximate surface area is 153 Å². The molecule has 1 aliphatic heterocycles. The average Bonchev–Trinajstić information content (AvgIpc) is 2.81. The third kappa shape index (κ3) is 2.30. The molecule has 9 atom stereocenters. The molecule has 25 heavy (non-hydrogen) atoms. The monoisotopic (exact) mass is 347 g/mol. The number of fused-ring (bicyclic) bond motifs is 5. The third-order valence-electron chi connectivity index (χ3n) is 9.51. The van der Waals surface area contributed by atoms with Crippen LogP contribution in [-0.2, 0) is 4.79 Å². The summed E-state index contributed by atoms with van der Waals surface area (Å²) < 4.78 is 0. The number of amides is 1. The number of aliphatic hydroxyl groups is 1. The van der Waals surface area contributed by atoms with Gasteiger partial charge in [0, 0.05) is 19.5 Å². The summed E-state index contributed by atoms with van der Waals surface area (Å²) in [6.07, 6.45) is 7.95. The maximum absolute atomic E-state index is 12.2. The van der Waals surface area contributed by atoms with Gasteiger partial charge in [0.25, 0.3) is 0 Å². The van der Waals surface area contributed by atoms with Gasteiger partial charge in [-0.1, -0.05) is 20.8 Å². The van der Waals surface area contributed by atoms with Crippen LogP contribution in [0.4, 0.5) is 0 Å². The van der Waals surface area contributed by atoms with Crippen LogP contribution in [0.5, 0.6) is 0 Å². The molecule has 3 nitrogen and oxygen atoms in total. The van der Waals surface area contributed by atoms with Gasteiger partial charge in [0.1, 0.15) is 0 Å². The molecule has 0 aromatic heterocycles. The Morgan fingerprint density at radius 3 is 2.52 bits per heavy atom. The maximum atomic E-state index is 12.2. The van der Waals surface area contributed by atoms with Gasteiger partial charge in [-0.15, -0.1) is 0 Å². The highest BCUT2D eigenvalue weighted by molar-refractivity contribution is 5.77. The van der Waals surface area contributed by atoms with Crippen molar-refractivity contribution in [3.05, 3.63) is 0 Å². The lowest BCUT2D eigenvalue weighted by Crippen LogP contribution is -2.61. The summed E-state index contributed by atoms with van der Waals surface area (Å²) in [5.74, 6) is 3.77. The number of hydrogen-bond acceptors (Lipinski definition) is 2. The summed E-state index contributed by atoms with van der Waals surface area (Å²) in [7, 11) is 2.04. The van der Waals surface area contributed by atoms with Crippen LogP contribution in [0.3, 0.4) is 0 Å². The van der Waals surface area contributed by atoms with E-state index in [1.165, 1.54) is 32.1 Å². The Bertz CT molecular complexity index is 560. The summed E-state index contributed by atoms with van der Waals surface area (Å²) in [6.45, 7) is 9.36. The van der Waals surface area contributed by atoms with Gasteiger partial charge in [-0.05, 0) is 85.9 Å². The predicted molar refractivity (Wildman–Crippen MR) is 99.9 cm³/mol. The number of piperidine rings is 1. The molecule has 3 saturated carbocycles. The van der Waals surface area contributed by atoms with E-state index < -0.39 is 0 Å². The van der Waals surface area contributed by atoms with Gasteiger partial charge in [0.2, 0.25) is 5.91 Å². The van der Waals surface area contributed by atoms with E-state index in [4.69, 9.17) is 0 Å². The first kappa shape index (κ1) is 17.8. The highest BCUT2D eigenvalue weighted by atomic mass is 16.3. The van der Waals surface area contributed by atoms with E-state index in [1.54, 1.807) is 0 Å². The minimum Gasteiger partial charge on any atom is -0.393 e. The van der Waals surface area contributed by atoms with Gasteiger partial charge >= 0.3 is 0 Å². The summed E-state index contributed by atoms with van der Waals surface area (Å²) in [4.78, 5) is 14.3. The van der Waals surface area contributed by atoms with Crippen LogP contribution in [-0.4, -0.2) is 35.1 Å². The van der Waals surface area contributed by atoms with Crippen molar-refractivity contribution in [1.29, 1.82) is 0 Å². The second kappa shape index (κ2) is 5.71. The van der Waals surface area contributed by atoms with Crippen molar-refractivity contribution in [2.24, 2.45) is 40.4 Å². The topological polar surface area (TPSA) is 40.5 Å². The van der Waals surface area contributed by atoms with E-state index >= 15 is 0 Å². The van der Waals surface area contributed by atoms with Crippen LogP contribution in [0.15, 0.2) is 0 Å². The Morgan fingerprint density at radius 1 is 1.12 bits per heavy atom. The van der Waals surface area contributed by atoms with E-state index in [1.807, 2.05) is 14.0 Å². The first-order chi connectivity index (χ1) is 11.7. The predicted octanol–water partition coefficient (Wildman–Crippen LogP) is 4.09.